The van der Waals surface area contributed by atoms with E-state index in [0.29, 0.717) is 19.3 Å². The van der Waals surface area contributed by atoms with Gasteiger partial charge in [0.2, 0.25) is 0 Å². The molecule has 0 bridgehead atoms. The van der Waals surface area contributed by atoms with Gasteiger partial charge >= 0.3 is 17.9 Å². The van der Waals surface area contributed by atoms with E-state index < -0.39 is 6.10 Å². The molecule has 0 radical (unpaired) electrons. The summed E-state index contributed by atoms with van der Waals surface area (Å²) in [5.74, 6) is 0.833. The Balaban J connectivity index is 4.20. The molecule has 0 aromatic heterocycles. The third-order valence-electron chi connectivity index (χ3n) is 14.6. The van der Waals surface area contributed by atoms with Crippen LogP contribution in [0.15, 0.2) is 0 Å². The van der Waals surface area contributed by atoms with Crippen molar-refractivity contribution in [2.75, 3.05) is 13.2 Å². The number of unbranched alkanes of at least 4 members (excludes halogenated alkanes) is 40. The molecule has 0 N–H and O–H groups in total. The van der Waals surface area contributed by atoms with E-state index in [1.165, 1.54) is 238 Å². The van der Waals surface area contributed by atoms with Gasteiger partial charge in [-0.05, 0) is 31.1 Å². The first-order valence-electron chi connectivity index (χ1n) is 30.8. The highest BCUT2D eigenvalue weighted by molar-refractivity contribution is 5.71. The maximum atomic E-state index is 12.9. The van der Waals surface area contributed by atoms with Crippen LogP contribution in [0.5, 0.6) is 0 Å². The summed E-state index contributed by atoms with van der Waals surface area (Å²) in [4.78, 5) is 38.2. The van der Waals surface area contributed by atoms with Gasteiger partial charge in [-0.1, -0.05) is 311 Å². The molecular formula is C62H120O6. The average molecular weight is 962 g/mol. The number of carbonyl (C=O) groups is 3. The van der Waals surface area contributed by atoms with Crippen LogP contribution in [0.4, 0.5) is 0 Å². The standard InChI is InChI=1S/C62H120O6/c1-6-8-9-10-11-12-13-14-15-16-17-22-25-28-31-34-37-44-49-54-62(65)68-59(56-67-61(64)53-48-43-39-38-41-46-51-58(5)7-2)55-66-60(63)52-47-42-36-33-30-27-24-21-19-18-20-23-26-29-32-35-40-45-50-57(3)4/h57-59H,6-56H2,1-5H3/t58?,59-/m1/s1. The van der Waals surface area contributed by atoms with Crippen LogP contribution >= 0.6 is 0 Å². The molecule has 0 spiro atoms. The minimum absolute atomic E-state index is 0.0631. The molecule has 0 fully saturated rings. The molecule has 0 aliphatic rings. The van der Waals surface area contributed by atoms with Crippen LogP contribution in [0.3, 0.4) is 0 Å². The first-order valence-corrected chi connectivity index (χ1v) is 30.8. The van der Waals surface area contributed by atoms with E-state index in [1.54, 1.807) is 0 Å². The third kappa shape index (κ3) is 53.8. The molecule has 6 heteroatoms. The number of rotatable bonds is 56. The van der Waals surface area contributed by atoms with Crippen LogP contribution in [-0.2, 0) is 28.6 Å². The van der Waals surface area contributed by atoms with Gasteiger partial charge in [-0.3, -0.25) is 14.4 Å². The van der Waals surface area contributed by atoms with E-state index in [-0.39, 0.29) is 31.1 Å². The summed E-state index contributed by atoms with van der Waals surface area (Å²) in [5, 5.41) is 0. The van der Waals surface area contributed by atoms with Crippen molar-refractivity contribution in [3.8, 4) is 0 Å². The van der Waals surface area contributed by atoms with Crippen molar-refractivity contribution in [2.24, 2.45) is 11.8 Å². The Morgan fingerprint density at radius 3 is 0.838 bits per heavy atom. The summed E-state index contributed by atoms with van der Waals surface area (Å²) in [6, 6.07) is 0. The fraction of sp³-hybridized carbons (Fsp3) is 0.952. The van der Waals surface area contributed by atoms with E-state index in [4.69, 9.17) is 14.2 Å². The third-order valence-corrected chi connectivity index (χ3v) is 14.6. The second kappa shape index (κ2) is 54.7. The van der Waals surface area contributed by atoms with Crippen LogP contribution in [0.1, 0.15) is 349 Å². The minimum Gasteiger partial charge on any atom is -0.462 e. The Morgan fingerprint density at radius 2 is 0.559 bits per heavy atom. The molecule has 1 unspecified atom stereocenters. The average Bonchev–Trinajstić information content (AvgIpc) is 3.33. The molecular weight excluding hydrogens is 841 g/mol. The molecule has 0 saturated heterocycles. The Morgan fingerprint density at radius 1 is 0.309 bits per heavy atom. The van der Waals surface area contributed by atoms with Crippen molar-refractivity contribution >= 4 is 17.9 Å². The quantitative estimate of drug-likeness (QED) is 0.0343. The van der Waals surface area contributed by atoms with Crippen molar-refractivity contribution in [3.05, 3.63) is 0 Å². The summed E-state index contributed by atoms with van der Waals surface area (Å²) in [6.07, 6.45) is 59.7. The largest absolute Gasteiger partial charge is 0.462 e. The second-order valence-electron chi connectivity index (χ2n) is 22.1. The van der Waals surface area contributed by atoms with Gasteiger partial charge in [-0.2, -0.15) is 0 Å². The van der Waals surface area contributed by atoms with E-state index in [0.717, 1.165) is 69.6 Å². The highest BCUT2D eigenvalue weighted by Crippen LogP contribution is 2.19. The number of hydrogen-bond acceptors (Lipinski definition) is 6. The van der Waals surface area contributed by atoms with Crippen LogP contribution < -0.4 is 0 Å². The molecule has 404 valence electrons. The van der Waals surface area contributed by atoms with E-state index in [2.05, 4.69) is 34.6 Å². The Kier molecular flexibility index (Phi) is 53.5. The van der Waals surface area contributed by atoms with Crippen LogP contribution in [-0.4, -0.2) is 37.2 Å². The lowest BCUT2D eigenvalue weighted by atomic mass is 10.00. The molecule has 0 rings (SSSR count). The normalized spacial score (nSPS) is 12.4. The summed E-state index contributed by atoms with van der Waals surface area (Å²) in [7, 11) is 0. The van der Waals surface area contributed by atoms with Crippen molar-refractivity contribution in [1.29, 1.82) is 0 Å². The topological polar surface area (TPSA) is 78.9 Å². The molecule has 0 aliphatic carbocycles. The Bertz CT molecular complexity index is 1040. The smallest absolute Gasteiger partial charge is 0.306 e. The van der Waals surface area contributed by atoms with Gasteiger partial charge in [0, 0.05) is 19.3 Å². The SMILES string of the molecule is CCCCCCCCCCCCCCCCCCCCCC(=O)O[C@H](COC(=O)CCCCCCCCCCCCCCCCCCCCC(C)C)COC(=O)CCCCCCCCC(C)CC. The lowest BCUT2D eigenvalue weighted by Crippen LogP contribution is -2.30. The zero-order valence-corrected chi connectivity index (χ0v) is 46.7. The summed E-state index contributed by atoms with van der Waals surface area (Å²) in [6.45, 7) is 11.4. The Labute approximate surface area is 425 Å². The molecule has 0 aliphatic heterocycles. The number of hydrogen-bond donors (Lipinski definition) is 0. The van der Waals surface area contributed by atoms with Crippen LogP contribution in [0.25, 0.3) is 0 Å². The number of carbonyl (C=O) groups excluding carboxylic acids is 3. The van der Waals surface area contributed by atoms with Crippen molar-refractivity contribution in [3.63, 3.8) is 0 Å². The zero-order chi connectivity index (χ0) is 49.6. The molecule has 6 nitrogen and oxygen atoms in total. The highest BCUT2D eigenvalue weighted by Gasteiger charge is 2.19. The fourth-order valence-corrected chi connectivity index (χ4v) is 9.55. The first-order chi connectivity index (χ1) is 33.3. The van der Waals surface area contributed by atoms with Gasteiger partial charge in [0.15, 0.2) is 6.10 Å². The predicted molar refractivity (Wildman–Crippen MR) is 293 cm³/mol. The predicted octanol–water partition coefficient (Wildman–Crippen LogP) is 20.4. The van der Waals surface area contributed by atoms with E-state index in [1.807, 2.05) is 0 Å². The molecule has 0 amide bonds. The Hall–Kier alpha value is -1.59. The maximum Gasteiger partial charge on any atom is 0.306 e. The summed E-state index contributed by atoms with van der Waals surface area (Å²) >= 11 is 0. The molecule has 0 heterocycles. The molecule has 0 saturated carbocycles. The van der Waals surface area contributed by atoms with Gasteiger partial charge in [0.05, 0.1) is 0 Å². The van der Waals surface area contributed by atoms with Crippen LogP contribution in [0.2, 0.25) is 0 Å². The molecule has 2 atom stereocenters. The lowest BCUT2D eigenvalue weighted by molar-refractivity contribution is -0.167. The van der Waals surface area contributed by atoms with Gasteiger partial charge in [-0.25, -0.2) is 0 Å². The fourth-order valence-electron chi connectivity index (χ4n) is 9.55. The van der Waals surface area contributed by atoms with Gasteiger partial charge < -0.3 is 14.2 Å². The maximum absolute atomic E-state index is 12.9. The monoisotopic (exact) mass is 961 g/mol. The molecule has 0 aromatic carbocycles. The zero-order valence-electron chi connectivity index (χ0n) is 46.7. The van der Waals surface area contributed by atoms with E-state index in [9.17, 15) is 14.4 Å². The van der Waals surface area contributed by atoms with Crippen molar-refractivity contribution in [2.45, 2.75) is 355 Å². The van der Waals surface area contributed by atoms with Crippen molar-refractivity contribution < 1.29 is 28.6 Å². The lowest BCUT2D eigenvalue weighted by Gasteiger charge is -2.18. The van der Waals surface area contributed by atoms with Gasteiger partial charge in [-0.15, -0.1) is 0 Å². The van der Waals surface area contributed by atoms with E-state index >= 15 is 0 Å². The summed E-state index contributed by atoms with van der Waals surface area (Å²) < 4.78 is 16.9. The highest BCUT2D eigenvalue weighted by atomic mass is 16.6. The summed E-state index contributed by atoms with van der Waals surface area (Å²) in [5.41, 5.74) is 0. The first kappa shape index (κ1) is 66.4. The minimum atomic E-state index is -0.764. The molecule has 68 heavy (non-hydrogen) atoms. The second-order valence-corrected chi connectivity index (χ2v) is 22.1. The van der Waals surface area contributed by atoms with Gasteiger partial charge in [0.1, 0.15) is 13.2 Å². The van der Waals surface area contributed by atoms with Crippen LogP contribution in [0, 0.1) is 11.8 Å². The van der Waals surface area contributed by atoms with Gasteiger partial charge in [0.25, 0.3) is 0 Å². The molecule has 0 aromatic rings. The number of ether oxygens (including phenoxy) is 3. The number of esters is 3. The van der Waals surface area contributed by atoms with Crippen molar-refractivity contribution in [1.82, 2.24) is 0 Å².